The van der Waals surface area contributed by atoms with Gasteiger partial charge in [-0.15, -0.1) is 0 Å². The van der Waals surface area contributed by atoms with Gasteiger partial charge < -0.3 is 14.9 Å². The van der Waals surface area contributed by atoms with E-state index in [4.69, 9.17) is 14.9 Å². The molecule has 0 spiro atoms. The minimum atomic E-state index is -1.02. The molecule has 0 fully saturated rings. The topological polar surface area (TPSA) is 83.8 Å². The second-order valence-electron chi connectivity index (χ2n) is 4.54. The van der Waals surface area contributed by atoms with Crippen LogP contribution in [0.2, 0.25) is 0 Å². The summed E-state index contributed by atoms with van der Waals surface area (Å²) in [5.41, 5.74) is 0.924. The Balaban J connectivity index is 0.000000231. The molecule has 0 aromatic heterocycles. The van der Waals surface area contributed by atoms with Crippen LogP contribution in [-0.2, 0) is 22.4 Å². The predicted octanol–water partition coefficient (Wildman–Crippen LogP) is 2.78. The Kier molecular flexibility index (Phi) is 7.26. The molecular weight excluding hydrogens is 303 g/mol. The monoisotopic (exact) mass is 320 g/mol. The lowest BCUT2D eigenvalue weighted by atomic mass is 10.1. The van der Waals surface area contributed by atoms with E-state index in [1.807, 2.05) is 6.07 Å². The van der Waals surface area contributed by atoms with Crippen molar-refractivity contribution in [2.75, 3.05) is 7.11 Å². The number of carbonyl (C=O) groups is 2. The number of para-hydroxylation sites is 1. The van der Waals surface area contributed by atoms with E-state index in [1.165, 1.54) is 25.3 Å². The van der Waals surface area contributed by atoms with Crippen molar-refractivity contribution >= 4 is 11.9 Å². The lowest BCUT2D eigenvalue weighted by molar-refractivity contribution is -0.137. The molecule has 0 aliphatic rings. The van der Waals surface area contributed by atoms with Gasteiger partial charge in [-0.1, -0.05) is 36.4 Å². The number of methoxy groups -OCH3 is 1. The van der Waals surface area contributed by atoms with Crippen LogP contribution < -0.4 is 4.74 Å². The molecule has 0 unspecified atom stereocenters. The van der Waals surface area contributed by atoms with E-state index in [2.05, 4.69) is 0 Å². The van der Waals surface area contributed by atoms with E-state index < -0.39 is 17.8 Å². The summed E-state index contributed by atoms with van der Waals surface area (Å²) in [6, 6.07) is 12.9. The van der Waals surface area contributed by atoms with Crippen LogP contribution in [0.1, 0.15) is 11.1 Å². The molecule has 2 aromatic carbocycles. The summed E-state index contributed by atoms with van der Waals surface area (Å²) in [4.78, 5) is 20.5. The largest absolute Gasteiger partial charge is 0.496 e. The highest BCUT2D eigenvalue weighted by molar-refractivity contribution is 5.71. The van der Waals surface area contributed by atoms with Gasteiger partial charge in [-0.05, 0) is 17.7 Å². The van der Waals surface area contributed by atoms with Gasteiger partial charge in [-0.3, -0.25) is 9.59 Å². The minimum Gasteiger partial charge on any atom is -0.496 e. The van der Waals surface area contributed by atoms with Gasteiger partial charge >= 0.3 is 11.9 Å². The molecule has 2 rings (SSSR count). The zero-order valence-corrected chi connectivity index (χ0v) is 12.5. The zero-order valence-electron chi connectivity index (χ0n) is 12.5. The van der Waals surface area contributed by atoms with Gasteiger partial charge in [0.25, 0.3) is 0 Å². The fourth-order valence-electron chi connectivity index (χ4n) is 1.82. The Morgan fingerprint density at radius 2 is 1.39 bits per heavy atom. The van der Waals surface area contributed by atoms with E-state index >= 15 is 0 Å². The van der Waals surface area contributed by atoms with Crippen molar-refractivity contribution in [2.45, 2.75) is 12.8 Å². The molecule has 0 amide bonds. The minimum absolute atomic E-state index is 0.00398. The van der Waals surface area contributed by atoms with E-state index in [9.17, 15) is 14.0 Å². The molecule has 0 bridgehead atoms. The number of carboxylic acid groups (broad SMARTS) is 2. The van der Waals surface area contributed by atoms with Crippen molar-refractivity contribution in [3.05, 3.63) is 65.5 Å². The number of rotatable bonds is 5. The normalized spacial score (nSPS) is 9.48. The first kappa shape index (κ1) is 18.2. The Morgan fingerprint density at radius 3 is 1.91 bits per heavy atom. The summed E-state index contributed by atoms with van der Waals surface area (Å²) in [5, 5.41) is 16.9. The van der Waals surface area contributed by atoms with E-state index in [0.717, 1.165) is 0 Å². The van der Waals surface area contributed by atoms with Gasteiger partial charge in [0, 0.05) is 5.56 Å². The first-order chi connectivity index (χ1) is 10.9. The van der Waals surface area contributed by atoms with Gasteiger partial charge in [0.2, 0.25) is 0 Å². The number of hydrogen-bond donors (Lipinski definition) is 2. The van der Waals surface area contributed by atoms with Crippen molar-refractivity contribution in [3.63, 3.8) is 0 Å². The average molecular weight is 320 g/mol. The molecule has 5 nitrogen and oxygen atoms in total. The highest BCUT2D eigenvalue weighted by atomic mass is 19.1. The van der Waals surface area contributed by atoms with Crippen LogP contribution in [0.4, 0.5) is 4.39 Å². The quantitative estimate of drug-likeness (QED) is 0.885. The number of ether oxygens (including phenoxy) is 1. The number of aliphatic carboxylic acids is 2. The Bertz CT molecular complexity index is 670. The maximum absolute atomic E-state index is 12.7. The second kappa shape index (κ2) is 9.19. The average Bonchev–Trinajstić information content (AvgIpc) is 2.50. The van der Waals surface area contributed by atoms with Gasteiger partial charge in [0.1, 0.15) is 11.6 Å². The third-order valence-corrected chi connectivity index (χ3v) is 2.83. The first-order valence-corrected chi connectivity index (χ1v) is 6.73. The molecule has 0 aliphatic carbocycles. The predicted molar refractivity (Wildman–Crippen MR) is 82.1 cm³/mol. The third-order valence-electron chi connectivity index (χ3n) is 2.83. The molecule has 122 valence electrons. The van der Waals surface area contributed by atoms with Gasteiger partial charge in [0.15, 0.2) is 0 Å². The number of hydrogen-bond acceptors (Lipinski definition) is 3. The van der Waals surface area contributed by atoms with E-state index in [-0.39, 0.29) is 18.4 Å². The first-order valence-electron chi connectivity index (χ1n) is 6.73. The molecule has 0 aliphatic heterocycles. The number of benzene rings is 2. The van der Waals surface area contributed by atoms with Gasteiger partial charge in [-0.25, -0.2) is 4.39 Å². The Labute approximate surface area is 133 Å². The Morgan fingerprint density at radius 1 is 0.913 bits per heavy atom. The molecule has 23 heavy (non-hydrogen) atoms. The lowest BCUT2D eigenvalue weighted by Gasteiger charge is -2.04. The van der Waals surface area contributed by atoms with Crippen LogP contribution in [-0.4, -0.2) is 29.3 Å². The van der Waals surface area contributed by atoms with Gasteiger partial charge in [-0.2, -0.15) is 0 Å². The van der Waals surface area contributed by atoms with Gasteiger partial charge in [0.05, 0.1) is 20.0 Å². The van der Waals surface area contributed by atoms with Crippen LogP contribution in [0.15, 0.2) is 48.5 Å². The molecule has 0 radical (unpaired) electrons. The van der Waals surface area contributed by atoms with Crippen molar-refractivity contribution in [3.8, 4) is 5.75 Å². The third kappa shape index (κ3) is 6.60. The standard InChI is InChI=1S/C9H10O3.C8H7FO2/c1-12-8-5-3-2-4-7(8)6-9(10)11;9-7-4-2-1-3-6(7)5-8(10)11/h2-5H,6H2,1H3,(H,10,11);1-4H,5H2,(H,10,11). The molecule has 2 aromatic rings. The molecule has 0 saturated carbocycles. The summed E-state index contributed by atoms with van der Waals surface area (Å²) in [6.45, 7) is 0. The molecule has 0 atom stereocenters. The van der Waals surface area contributed by atoms with Crippen LogP contribution in [0.25, 0.3) is 0 Å². The molecule has 6 heteroatoms. The highest BCUT2D eigenvalue weighted by Gasteiger charge is 2.05. The SMILES string of the molecule is COc1ccccc1CC(=O)O.O=C(O)Cc1ccccc1F. The van der Waals surface area contributed by atoms with Crippen LogP contribution in [0.5, 0.6) is 5.75 Å². The lowest BCUT2D eigenvalue weighted by Crippen LogP contribution is -2.01. The smallest absolute Gasteiger partial charge is 0.307 e. The van der Waals surface area contributed by atoms with Crippen molar-refractivity contribution in [1.29, 1.82) is 0 Å². The maximum Gasteiger partial charge on any atom is 0.307 e. The maximum atomic E-state index is 12.7. The summed E-state index contributed by atoms with van der Waals surface area (Å²) < 4.78 is 17.7. The van der Waals surface area contributed by atoms with E-state index in [1.54, 1.807) is 24.3 Å². The number of carboxylic acids is 2. The molecular formula is C17H17FO5. The van der Waals surface area contributed by atoms with Crippen molar-refractivity contribution in [1.82, 2.24) is 0 Å². The van der Waals surface area contributed by atoms with Crippen molar-refractivity contribution < 1.29 is 28.9 Å². The fourth-order valence-corrected chi connectivity index (χ4v) is 1.82. The summed E-state index contributed by atoms with van der Waals surface area (Å²) in [7, 11) is 1.53. The highest BCUT2D eigenvalue weighted by Crippen LogP contribution is 2.17. The second-order valence-corrected chi connectivity index (χ2v) is 4.54. The summed E-state index contributed by atoms with van der Waals surface area (Å²) >= 11 is 0. The summed E-state index contributed by atoms with van der Waals surface area (Å²) in [6.07, 6.45) is -0.253. The Hall–Kier alpha value is -2.89. The molecule has 2 N–H and O–H groups in total. The molecule has 0 saturated heterocycles. The summed E-state index contributed by atoms with van der Waals surface area (Å²) in [5.74, 6) is -1.70. The molecule has 0 heterocycles. The zero-order chi connectivity index (χ0) is 17.2. The van der Waals surface area contributed by atoms with Crippen LogP contribution in [0, 0.1) is 5.82 Å². The van der Waals surface area contributed by atoms with Crippen LogP contribution >= 0.6 is 0 Å². The fraction of sp³-hybridized carbons (Fsp3) is 0.176. The van der Waals surface area contributed by atoms with Crippen LogP contribution in [0.3, 0.4) is 0 Å². The number of halogens is 1. The van der Waals surface area contributed by atoms with E-state index in [0.29, 0.717) is 11.3 Å². The van der Waals surface area contributed by atoms with Crippen molar-refractivity contribution in [2.24, 2.45) is 0 Å².